The Morgan fingerprint density at radius 3 is 2.50 bits per heavy atom. The van der Waals surface area contributed by atoms with Crippen LogP contribution in [-0.2, 0) is 9.53 Å². The summed E-state index contributed by atoms with van der Waals surface area (Å²) >= 11 is 5.97. The monoisotopic (exact) mass is 348 g/mol. The van der Waals surface area contributed by atoms with Crippen molar-refractivity contribution in [3.8, 4) is 0 Å². The summed E-state index contributed by atoms with van der Waals surface area (Å²) in [4.78, 5) is 24.1. The highest BCUT2D eigenvalue weighted by atomic mass is 35.5. The van der Waals surface area contributed by atoms with Gasteiger partial charge in [0, 0.05) is 17.4 Å². The van der Waals surface area contributed by atoms with Crippen molar-refractivity contribution in [1.82, 2.24) is 4.57 Å². The number of aryl methyl sites for hydroxylation is 1. The molecule has 0 fully saturated rings. The molecule has 0 spiro atoms. The van der Waals surface area contributed by atoms with Crippen LogP contribution in [0, 0.1) is 13.8 Å². The third-order valence-corrected chi connectivity index (χ3v) is 4.03. The maximum absolute atomic E-state index is 12.2. The molecule has 5 nitrogen and oxygen atoms in total. The molecular weight excluding hydrogens is 328 g/mol. The van der Waals surface area contributed by atoms with Crippen molar-refractivity contribution in [3.05, 3.63) is 52.3 Å². The first-order valence-corrected chi connectivity index (χ1v) is 8.09. The molecule has 6 heteroatoms. The van der Waals surface area contributed by atoms with Gasteiger partial charge in [0.15, 0.2) is 6.61 Å². The molecule has 1 heterocycles. The minimum atomic E-state index is -0.510. The van der Waals surface area contributed by atoms with Crippen molar-refractivity contribution in [2.24, 2.45) is 0 Å². The van der Waals surface area contributed by atoms with Crippen molar-refractivity contribution in [1.29, 1.82) is 0 Å². The quantitative estimate of drug-likeness (QED) is 0.826. The molecule has 0 saturated carbocycles. The molecule has 0 bridgehead atoms. The molecule has 1 aromatic heterocycles. The van der Waals surface area contributed by atoms with Crippen LogP contribution in [0.15, 0.2) is 30.3 Å². The number of ether oxygens (including phenoxy) is 1. The van der Waals surface area contributed by atoms with E-state index in [1.807, 2.05) is 27.7 Å². The van der Waals surface area contributed by atoms with E-state index in [4.69, 9.17) is 16.3 Å². The zero-order valence-corrected chi connectivity index (χ0v) is 15.0. The van der Waals surface area contributed by atoms with Gasteiger partial charge in [0.05, 0.1) is 16.3 Å². The summed E-state index contributed by atoms with van der Waals surface area (Å²) in [6.45, 7) is 7.54. The molecule has 0 radical (unpaired) electrons. The Kier molecular flexibility index (Phi) is 5.67. The normalized spacial score (nSPS) is 10.8. The summed E-state index contributed by atoms with van der Waals surface area (Å²) in [5, 5.41) is 3.04. The summed E-state index contributed by atoms with van der Waals surface area (Å²) in [5.41, 5.74) is 2.78. The summed E-state index contributed by atoms with van der Waals surface area (Å²) in [6, 6.07) is 8.90. The fourth-order valence-electron chi connectivity index (χ4n) is 2.74. The first-order valence-electron chi connectivity index (χ1n) is 7.71. The second kappa shape index (κ2) is 7.53. The molecule has 2 aromatic rings. The second-order valence-corrected chi connectivity index (χ2v) is 6.26. The van der Waals surface area contributed by atoms with Crippen molar-refractivity contribution in [2.75, 3.05) is 11.9 Å². The van der Waals surface area contributed by atoms with Gasteiger partial charge >= 0.3 is 5.97 Å². The number of hydrogen-bond donors (Lipinski definition) is 1. The first kappa shape index (κ1) is 18.1. The maximum atomic E-state index is 12.2. The average molecular weight is 349 g/mol. The highest BCUT2D eigenvalue weighted by Gasteiger charge is 2.19. The topological polar surface area (TPSA) is 60.3 Å². The van der Waals surface area contributed by atoms with Gasteiger partial charge in [-0.2, -0.15) is 0 Å². The van der Waals surface area contributed by atoms with Gasteiger partial charge in [0.2, 0.25) is 0 Å². The van der Waals surface area contributed by atoms with E-state index in [0.29, 0.717) is 16.3 Å². The van der Waals surface area contributed by atoms with E-state index in [0.717, 1.165) is 11.4 Å². The van der Waals surface area contributed by atoms with Gasteiger partial charge in [0.25, 0.3) is 5.91 Å². The van der Waals surface area contributed by atoms with Gasteiger partial charge in [-0.1, -0.05) is 23.7 Å². The zero-order chi connectivity index (χ0) is 17.9. The zero-order valence-electron chi connectivity index (χ0n) is 14.2. The van der Waals surface area contributed by atoms with E-state index in [-0.39, 0.29) is 12.6 Å². The Hall–Kier alpha value is -2.27. The van der Waals surface area contributed by atoms with Crippen LogP contribution in [0.3, 0.4) is 0 Å². The van der Waals surface area contributed by atoms with Crippen LogP contribution < -0.4 is 5.32 Å². The van der Waals surface area contributed by atoms with E-state index in [1.54, 1.807) is 30.3 Å². The fraction of sp³-hybridized carbons (Fsp3) is 0.333. The summed E-state index contributed by atoms with van der Waals surface area (Å²) in [7, 11) is 0. The van der Waals surface area contributed by atoms with Crippen LogP contribution in [0.5, 0.6) is 0 Å². The number of nitrogens with zero attached hydrogens (tertiary/aromatic N) is 1. The van der Waals surface area contributed by atoms with E-state index < -0.39 is 11.9 Å². The lowest BCUT2D eigenvalue weighted by molar-refractivity contribution is -0.119. The number of benzene rings is 1. The molecule has 24 heavy (non-hydrogen) atoms. The Balaban J connectivity index is 2.00. The molecule has 0 atom stereocenters. The lowest BCUT2D eigenvalue weighted by Gasteiger charge is -2.13. The van der Waals surface area contributed by atoms with Crippen LogP contribution in [-0.4, -0.2) is 23.1 Å². The van der Waals surface area contributed by atoms with Gasteiger partial charge in [-0.3, -0.25) is 4.79 Å². The van der Waals surface area contributed by atoms with Crippen molar-refractivity contribution in [3.63, 3.8) is 0 Å². The Morgan fingerprint density at radius 1 is 1.25 bits per heavy atom. The van der Waals surface area contributed by atoms with E-state index in [9.17, 15) is 9.59 Å². The molecule has 0 saturated heterocycles. The van der Waals surface area contributed by atoms with E-state index >= 15 is 0 Å². The van der Waals surface area contributed by atoms with Crippen LogP contribution >= 0.6 is 11.6 Å². The number of nitrogens with one attached hydrogen (secondary N) is 1. The third kappa shape index (κ3) is 3.97. The predicted octanol–water partition coefficient (Wildman–Crippen LogP) is 4.13. The molecule has 2 rings (SSSR count). The SMILES string of the molecule is Cc1cc(C(=O)OCC(=O)Nc2ccccc2Cl)c(C)n1C(C)C. The molecule has 1 aromatic carbocycles. The van der Waals surface area contributed by atoms with Gasteiger partial charge < -0.3 is 14.6 Å². The largest absolute Gasteiger partial charge is 0.452 e. The van der Waals surface area contributed by atoms with Gasteiger partial charge in [-0.15, -0.1) is 0 Å². The lowest BCUT2D eigenvalue weighted by Crippen LogP contribution is -2.21. The predicted molar refractivity (Wildman–Crippen MR) is 94.7 cm³/mol. The maximum Gasteiger partial charge on any atom is 0.340 e. The fourth-order valence-corrected chi connectivity index (χ4v) is 2.92. The number of rotatable bonds is 5. The lowest BCUT2D eigenvalue weighted by atomic mass is 10.2. The number of esters is 1. The van der Waals surface area contributed by atoms with Crippen LogP contribution in [0.25, 0.3) is 0 Å². The average Bonchev–Trinajstić information content (AvgIpc) is 2.82. The van der Waals surface area contributed by atoms with Crippen LogP contribution in [0.4, 0.5) is 5.69 Å². The highest BCUT2D eigenvalue weighted by Crippen LogP contribution is 2.22. The number of aromatic nitrogens is 1. The van der Waals surface area contributed by atoms with Gasteiger partial charge in [-0.25, -0.2) is 4.79 Å². The molecular formula is C18H21ClN2O3. The van der Waals surface area contributed by atoms with Gasteiger partial charge in [-0.05, 0) is 45.9 Å². The Labute approximate surface area is 146 Å². The minimum Gasteiger partial charge on any atom is -0.452 e. The van der Waals surface area contributed by atoms with Crippen molar-refractivity contribution in [2.45, 2.75) is 33.7 Å². The second-order valence-electron chi connectivity index (χ2n) is 5.85. The third-order valence-electron chi connectivity index (χ3n) is 3.70. The minimum absolute atomic E-state index is 0.245. The smallest absolute Gasteiger partial charge is 0.340 e. The van der Waals surface area contributed by atoms with Crippen LogP contribution in [0.1, 0.15) is 41.6 Å². The molecule has 0 aliphatic carbocycles. The number of carbonyl (C=O) groups is 2. The number of amides is 1. The Bertz CT molecular complexity index is 766. The first-order chi connectivity index (χ1) is 11.3. The number of para-hydroxylation sites is 1. The molecule has 0 aliphatic heterocycles. The highest BCUT2D eigenvalue weighted by molar-refractivity contribution is 6.33. The molecule has 0 aliphatic rings. The van der Waals surface area contributed by atoms with Crippen LogP contribution in [0.2, 0.25) is 5.02 Å². The number of halogens is 1. The number of anilines is 1. The van der Waals surface area contributed by atoms with Gasteiger partial charge in [0.1, 0.15) is 0 Å². The number of carbonyl (C=O) groups excluding carboxylic acids is 2. The standard InChI is InChI=1S/C18H21ClN2O3/c1-11(2)21-12(3)9-14(13(21)4)18(23)24-10-17(22)20-16-8-6-5-7-15(16)19/h5-9,11H,10H2,1-4H3,(H,20,22). The molecule has 1 amide bonds. The van der Waals surface area contributed by atoms with Crippen molar-refractivity contribution >= 4 is 29.2 Å². The van der Waals surface area contributed by atoms with E-state index in [1.165, 1.54) is 0 Å². The summed E-state index contributed by atoms with van der Waals surface area (Å²) in [5.74, 6) is -0.946. The summed E-state index contributed by atoms with van der Waals surface area (Å²) in [6.07, 6.45) is 0. The van der Waals surface area contributed by atoms with E-state index in [2.05, 4.69) is 9.88 Å². The summed E-state index contributed by atoms with van der Waals surface area (Å²) < 4.78 is 7.18. The molecule has 128 valence electrons. The molecule has 0 unspecified atom stereocenters. The molecule has 1 N–H and O–H groups in total. The van der Waals surface area contributed by atoms with Crippen molar-refractivity contribution < 1.29 is 14.3 Å². The number of hydrogen-bond acceptors (Lipinski definition) is 3. The Morgan fingerprint density at radius 2 is 1.92 bits per heavy atom.